The van der Waals surface area contributed by atoms with Crippen LogP contribution in [0, 0.1) is 0 Å². The third kappa shape index (κ3) is 16.8. The van der Waals surface area contributed by atoms with Gasteiger partial charge in [0.1, 0.15) is 0 Å². The summed E-state index contributed by atoms with van der Waals surface area (Å²) in [6.07, 6.45) is 4.89. The molecule has 0 radical (unpaired) electrons. The van der Waals surface area contributed by atoms with Gasteiger partial charge in [0.05, 0.1) is 12.2 Å². The summed E-state index contributed by atoms with van der Waals surface area (Å²) < 4.78 is 5.31. The standard InChI is InChI=1S/C8H14O.C4H4O4/c1-5-7(3)9-8(4)6-2;5-3(6)1-2-4(7)8/h5-8H,1-2H2,3-4H3;1-2H,(H,5,6)(H,7,8)/b;2-1-. The highest BCUT2D eigenvalue weighted by molar-refractivity contribution is 5.89. The Labute approximate surface area is 101 Å². The first-order valence-electron chi connectivity index (χ1n) is 4.88. The highest BCUT2D eigenvalue weighted by Gasteiger charge is 1.98. The molecule has 0 aromatic rings. The van der Waals surface area contributed by atoms with Gasteiger partial charge in [-0.05, 0) is 13.8 Å². The molecule has 0 saturated heterocycles. The highest BCUT2D eigenvalue weighted by Crippen LogP contribution is 1.98. The van der Waals surface area contributed by atoms with Crippen LogP contribution in [0.25, 0.3) is 0 Å². The lowest BCUT2D eigenvalue weighted by Crippen LogP contribution is -2.11. The molecule has 2 N–H and O–H groups in total. The predicted octanol–water partition coefficient (Wildman–Crippen LogP) is 1.86. The van der Waals surface area contributed by atoms with Crippen LogP contribution < -0.4 is 0 Å². The second kappa shape index (κ2) is 10.6. The Kier molecular flexibility index (Phi) is 11.0. The van der Waals surface area contributed by atoms with Crippen molar-refractivity contribution in [2.24, 2.45) is 0 Å². The van der Waals surface area contributed by atoms with E-state index in [1.807, 2.05) is 13.8 Å². The Balaban J connectivity index is 0. The zero-order chi connectivity index (χ0) is 13.8. The number of ether oxygens (including phenoxy) is 1. The molecule has 2 unspecified atom stereocenters. The van der Waals surface area contributed by atoms with E-state index in [4.69, 9.17) is 14.9 Å². The molecule has 0 aliphatic rings. The van der Waals surface area contributed by atoms with Crippen molar-refractivity contribution in [3.63, 3.8) is 0 Å². The van der Waals surface area contributed by atoms with Crippen LogP contribution in [-0.4, -0.2) is 34.4 Å². The first-order valence-corrected chi connectivity index (χ1v) is 4.88. The van der Waals surface area contributed by atoms with Gasteiger partial charge in [0.15, 0.2) is 0 Å². The monoisotopic (exact) mass is 242 g/mol. The van der Waals surface area contributed by atoms with E-state index in [0.29, 0.717) is 12.2 Å². The number of hydrogen-bond donors (Lipinski definition) is 2. The lowest BCUT2D eigenvalue weighted by Gasteiger charge is -2.11. The Hall–Kier alpha value is -1.88. The molecular weight excluding hydrogens is 224 g/mol. The molecule has 5 heteroatoms. The molecule has 0 saturated carbocycles. The van der Waals surface area contributed by atoms with E-state index < -0.39 is 11.9 Å². The molecule has 0 rings (SSSR count). The predicted molar refractivity (Wildman–Crippen MR) is 64.8 cm³/mol. The summed E-state index contributed by atoms with van der Waals surface area (Å²) in [4.78, 5) is 19.1. The van der Waals surface area contributed by atoms with Crippen molar-refractivity contribution < 1.29 is 24.5 Å². The minimum atomic E-state index is -1.26. The molecule has 0 aliphatic carbocycles. The number of rotatable bonds is 6. The summed E-state index contributed by atoms with van der Waals surface area (Å²) >= 11 is 0. The van der Waals surface area contributed by atoms with E-state index in [1.165, 1.54) is 0 Å². The van der Waals surface area contributed by atoms with E-state index >= 15 is 0 Å². The minimum Gasteiger partial charge on any atom is -0.478 e. The van der Waals surface area contributed by atoms with Crippen molar-refractivity contribution in [3.8, 4) is 0 Å². The summed E-state index contributed by atoms with van der Waals surface area (Å²) in [6.45, 7) is 11.1. The van der Waals surface area contributed by atoms with Crippen molar-refractivity contribution in [2.45, 2.75) is 26.1 Å². The summed E-state index contributed by atoms with van der Waals surface area (Å²) in [5.74, 6) is -2.51. The SMILES string of the molecule is C=CC(C)OC(C)C=C.O=C(O)/C=C\C(=O)O. The van der Waals surface area contributed by atoms with Gasteiger partial charge in [-0.3, -0.25) is 0 Å². The average Bonchev–Trinajstić information content (AvgIpc) is 2.26. The van der Waals surface area contributed by atoms with Crippen molar-refractivity contribution in [1.82, 2.24) is 0 Å². The fraction of sp³-hybridized carbons (Fsp3) is 0.333. The van der Waals surface area contributed by atoms with Crippen LogP contribution in [0.4, 0.5) is 0 Å². The van der Waals surface area contributed by atoms with Gasteiger partial charge in [-0.15, -0.1) is 13.2 Å². The normalized spacial score (nSPS) is 13.1. The topological polar surface area (TPSA) is 83.8 Å². The minimum absolute atomic E-state index is 0.123. The van der Waals surface area contributed by atoms with Crippen LogP contribution in [-0.2, 0) is 14.3 Å². The zero-order valence-electron chi connectivity index (χ0n) is 10.00. The van der Waals surface area contributed by atoms with Crippen LogP contribution in [0.5, 0.6) is 0 Å². The van der Waals surface area contributed by atoms with E-state index in [1.54, 1.807) is 12.2 Å². The Bertz CT molecular complexity index is 265. The zero-order valence-corrected chi connectivity index (χ0v) is 10.00. The Morgan fingerprint density at radius 2 is 1.29 bits per heavy atom. The first kappa shape index (κ1) is 17.5. The van der Waals surface area contributed by atoms with E-state index in [9.17, 15) is 9.59 Å². The van der Waals surface area contributed by atoms with E-state index in [-0.39, 0.29) is 12.2 Å². The summed E-state index contributed by atoms with van der Waals surface area (Å²) in [5.41, 5.74) is 0. The molecule has 0 fully saturated rings. The average molecular weight is 242 g/mol. The number of hydrogen-bond acceptors (Lipinski definition) is 3. The third-order valence-corrected chi connectivity index (χ3v) is 1.46. The maximum Gasteiger partial charge on any atom is 0.328 e. The first-order chi connectivity index (χ1) is 7.83. The quantitative estimate of drug-likeness (QED) is 0.548. The Morgan fingerprint density at radius 1 is 1.00 bits per heavy atom. The largest absolute Gasteiger partial charge is 0.478 e. The van der Waals surface area contributed by atoms with Crippen molar-refractivity contribution >= 4 is 11.9 Å². The number of carboxylic acids is 2. The van der Waals surface area contributed by atoms with Gasteiger partial charge >= 0.3 is 11.9 Å². The number of carboxylic acid groups (broad SMARTS) is 2. The molecule has 0 amide bonds. The summed E-state index contributed by atoms with van der Waals surface area (Å²) in [7, 11) is 0. The fourth-order valence-corrected chi connectivity index (χ4v) is 0.592. The molecule has 0 bridgehead atoms. The van der Waals surface area contributed by atoms with Crippen LogP contribution in [0.3, 0.4) is 0 Å². The van der Waals surface area contributed by atoms with Crippen molar-refractivity contribution in [2.75, 3.05) is 0 Å². The lowest BCUT2D eigenvalue weighted by atomic mass is 10.3. The third-order valence-electron chi connectivity index (χ3n) is 1.46. The second-order valence-electron chi connectivity index (χ2n) is 3.03. The van der Waals surface area contributed by atoms with Gasteiger partial charge < -0.3 is 14.9 Å². The van der Waals surface area contributed by atoms with Crippen LogP contribution in [0.15, 0.2) is 37.5 Å². The van der Waals surface area contributed by atoms with E-state index in [0.717, 1.165) is 0 Å². The number of aliphatic carboxylic acids is 2. The van der Waals surface area contributed by atoms with Crippen molar-refractivity contribution in [3.05, 3.63) is 37.5 Å². The van der Waals surface area contributed by atoms with Crippen LogP contribution in [0.1, 0.15) is 13.8 Å². The smallest absolute Gasteiger partial charge is 0.328 e. The maximum absolute atomic E-state index is 9.55. The van der Waals surface area contributed by atoms with Gasteiger partial charge in [-0.2, -0.15) is 0 Å². The van der Waals surface area contributed by atoms with Gasteiger partial charge in [0.2, 0.25) is 0 Å². The number of carbonyl (C=O) groups is 2. The van der Waals surface area contributed by atoms with Gasteiger partial charge in [-0.25, -0.2) is 9.59 Å². The lowest BCUT2D eigenvalue weighted by molar-refractivity contribution is -0.134. The Morgan fingerprint density at radius 3 is 1.47 bits per heavy atom. The molecule has 5 nitrogen and oxygen atoms in total. The molecule has 17 heavy (non-hydrogen) atoms. The van der Waals surface area contributed by atoms with Crippen LogP contribution >= 0.6 is 0 Å². The fourth-order valence-electron chi connectivity index (χ4n) is 0.592. The molecule has 0 aromatic carbocycles. The molecular formula is C12H18O5. The van der Waals surface area contributed by atoms with Gasteiger partial charge in [-0.1, -0.05) is 12.2 Å². The molecule has 0 aromatic heterocycles. The maximum atomic E-state index is 9.55. The van der Waals surface area contributed by atoms with Crippen LogP contribution in [0.2, 0.25) is 0 Å². The summed E-state index contributed by atoms with van der Waals surface area (Å²) in [6, 6.07) is 0. The molecule has 96 valence electrons. The van der Waals surface area contributed by atoms with E-state index in [2.05, 4.69) is 13.2 Å². The van der Waals surface area contributed by atoms with Gasteiger partial charge in [0, 0.05) is 12.2 Å². The molecule has 2 atom stereocenters. The molecule has 0 heterocycles. The second-order valence-corrected chi connectivity index (χ2v) is 3.03. The van der Waals surface area contributed by atoms with Gasteiger partial charge in [0.25, 0.3) is 0 Å². The summed E-state index contributed by atoms with van der Waals surface area (Å²) in [5, 5.41) is 15.6. The molecule has 0 aliphatic heterocycles. The molecule has 0 spiro atoms. The highest BCUT2D eigenvalue weighted by atomic mass is 16.5. The van der Waals surface area contributed by atoms with Crippen molar-refractivity contribution in [1.29, 1.82) is 0 Å².